The van der Waals surface area contributed by atoms with Crippen molar-refractivity contribution in [1.82, 2.24) is 24.4 Å². The van der Waals surface area contributed by atoms with Gasteiger partial charge < -0.3 is 10.6 Å². The van der Waals surface area contributed by atoms with Crippen LogP contribution in [0, 0.1) is 18.6 Å². The van der Waals surface area contributed by atoms with Crippen molar-refractivity contribution in [2.45, 2.75) is 32.2 Å². The predicted octanol–water partition coefficient (Wildman–Crippen LogP) is 6.95. The Morgan fingerprint density at radius 1 is 1.07 bits per heavy atom. The number of rotatable bonds is 6. The van der Waals surface area contributed by atoms with Crippen LogP contribution < -0.4 is 16.3 Å². The molecule has 0 spiro atoms. The van der Waals surface area contributed by atoms with Crippen molar-refractivity contribution in [3.8, 4) is 0 Å². The normalized spacial score (nSPS) is 14.9. The zero-order valence-electron chi connectivity index (χ0n) is 22.5. The second-order valence-electron chi connectivity index (χ2n) is 10.0. The minimum atomic E-state index is -5.02. The molecule has 0 bridgehead atoms. The molecule has 8 nitrogen and oxygen atoms in total. The molecular weight excluding hydrogens is 640 g/mol. The molecule has 0 saturated heterocycles. The Kier molecular flexibility index (Phi) is 7.21. The number of benzene rings is 3. The van der Waals surface area contributed by atoms with E-state index < -0.39 is 82.8 Å². The first-order chi connectivity index (χ1) is 21.2. The van der Waals surface area contributed by atoms with Crippen molar-refractivity contribution in [3.63, 3.8) is 0 Å². The van der Waals surface area contributed by atoms with Crippen LogP contribution in [0.5, 0.6) is 0 Å². The minimum Gasteiger partial charge on any atom is -0.341 e. The predicted molar refractivity (Wildman–Crippen MR) is 147 cm³/mol. The SMILES string of the molecule is Cc1nc(Nc2cc3c(c4c2C(c2cc(F)ccc2Cl)NC4=O)n(C(F)F)c(=O)n3CCF)c2cc(F)cc(C(F)(F)F)c2n1. The van der Waals surface area contributed by atoms with Crippen molar-refractivity contribution >= 4 is 50.9 Å². The highest BCUT2D eigenvalue weighted by Crippen LogP contribution is 2.45. The quantitative estimate of drug-likeness (QED) is 0.193. The maximum atomic E-state index is 14.5. The van der Waals surface area contributed by atoms with Gasteiger partial charge in [0.1, 0.15) is 30.0 Å². The number of nitrogens with zero attached hydrogens (tertiary/aromatic N) is 4. The fourth-order valence-corrected chi connectivity index (χ4v) is 5.79. The lowest BCUT2D eigenvalue weighted by Gasteiger charge is -2.20. The highest BCUT2D eigenvalue weighted by molar-refractivity contribution is 6.31. The molecule has 0 aliphatic carbocycles. The van der Waals surface area contributed by atoms with Crippen LogP contribution in [0.2, 0.25) is 5.02 Å². The summed E-state index contributed by atoms with van der Waals surface area (Å²) in [6, 6.07) is 3.93. The van der Waals surface area contributed by atoms with Crippen molar-refractivity contribution in [2.75, 3.05) is 12.0 Å². The first-order valence-corrected chi connectivity index (χ1v) is 13.3. The average Bonchev–Trinajstić information content (AvgIpc) is 3.43. The van der Waals surface area contributed by atoms with Gasteiger partial charge in [-0.3, -0.25) is 9.36 Å². The minimum absolute atomic E-state index is 0.00202. The van der Waals surface area contributed by atoms with Gasteiger partial charge in [-0.15, -0.1) is 0 Å². The summed E-state index contributed by atoms with van der Waals surface area (Å²) in [6.07, 6.45) is -5.02. The number of alkyl halides is 6. The zero-order valence-corrected chi connectivity index (χ0v) is 23.3. The van der Waals surface area contributed by atoms with Crippen LogP contribution >= 0.6 is 11.6 Å². The molecule has 234 valence electrons. The van der Waals surface area contributed by atoms with Gasteiger partial charge in [-0.1, -0.05) is 11.6 Å². The van der Waals surface area contributed by atoms with Crippen LogP contribution in [0.15, 0.2) is 41.2 Å². The second kappa shape index (κ2) is 10.7. The Balaban J connectivity index is 1.72. The molecular formula is C28H17ClF8N6O2. The number of hydrogen-bond acceptors (Lipinski definition) is 5. The fourth-order valence-electron chi connectivity index (χ4n) is 5.56. The van der Waals surface area contributed by atoms with E-state index in [4.69, 9.17) is 11.6 Å². The number of anilines is 2. The van der Waals surface area contributed by atoms with Crippen LogP contribution in [-0.4, -0.2) is 31.7 Å². The summed E-state index contributed by atoms with van der Waals surface area (Å²) >= 11 is 6.32. The molecule has 6 rings (SSSR count). The van der Waals surface area contributed by atoms with Crippen molar-refractivity contribution < 1.29 is 39.9 Å². The Labute approximate surface area is 251 Å². The molecule has 1 aliphatic rings. The molecule has 1 amide bonds. The summed E-state index contributed by atoms with van der Waals surface area (Å²) in [4.78, 5) is 34.4. The van der Waals surface area contributed by atoms with Crippen LogP contribution in [0.3, 0.4) is 0 Å². The lowest BCUT2D eigenvalue weighted by Crippen LogP contribution is -2.26. The lowest BCUT2D eigenvalue weighted by atomic mass is 9.95. The summed E-state index contributed by atoms with van der Waals surface area (Å²) < 4.78 is 113. The summed E-state index contributed by atoms with van der Waals surface area (Å²) in [5, 5.41) is 4.78. The van der Waals surface area contributed by atoms with Crippen LogP contribution in [-0.2, 0) is 12.7 Å². The number of carbonyl (C=O) groups is 1. The van der Waals surface area contributed by atoms with Gasteiger partial charge in [0.15, 0.2) is 0 Å². The molecule has 17 heteroatoms. The van der Waals surface area contributed by atoms with Gasteiger partial charge >= 0.3 is 18.4 Å². The van der Waals surface area contributed by atoms with E-state index in [9.17, 15) is 44.7 Å². The summed E-state index contributed by atoms with van der Waals surface area (Å²) in [5.41, 5.74) is -5.23. The number of imidazole rings is 1. The molecule has 45 heavy (non-hydrogen) atoms. The monoisotopic (exact) mass is 656 g/mol. The standard InChI is InChI=1S/C28H17ClF8N6O2/c1-10-38-21-14(7-12(32)8-15(21)28(35,36)37)24(39-10)40-17-9-18-23(43(26(33)34)27(45)42(18)5-4-30)20-19(17)22(41-25(20)44)13-6-11(31)2-3-16(13)29/h2-3,6-9,22,26H,4-5H2,1H3,(H,41,44)(H,38,39,40). The van der Waals surface area contributed by atoms with Crippen LogP contribution in [0.25, 0.3) is 21.9 Å². The molecule has 0 fully saturated rings. The summed E-state index contributed by atoms with van der Waals surface area (Å²) in [7, 11) is 0. The third-order valence-electron chi connectivity index (χ3n) is 7.29. The van der Waals surface area contributed by atoms with E-state index in [2.05, 4.69) is 20.6 Å². The van der Waals surface area contributed by atoms with Crippen molar-refractivity contribution in [1.29, 1.82) is 0 Å². The van der Waals surface area contributed by atoms with Crippen molar-refractivity contribution in [2.24, 2.45) is 0 Å². The van der Waals surface area contributed by atoms with E-state index in [1.165, 1.54) is 13.0 Å². The Bertz CT molecular complexity index is 2110. The third kappa shape index (κ3) is 4.92. The van der Waals surface area contributed by atoms with Gasteiger partial charge in [-0.25, -0.2) is 32.5 Å². The number of halogens is 9. The molecule has 0 radical (unpaired) electrons. The Morgan fingerprint density at radius 2 is 1.80 bits per heavy atom. The Hall–Kier alpha value is -4.73. The number of aryl methyl sites for hydroxylation is 2. The molecule has 1 atom stereocenters. The first kappa shape index (κ1) is 30.3. The summed E-state index contributed by atoms with van der Waals surface area (Å²) in [5.74, 6) is -3.63. The Morgan fingerprint density at radius 3 is 2.47 bits per heavy atom. The molecule has 3 aromatic carbocycles. The number of nitrogens with one attached hydrogen (secondary N) is 2. The number of carbonyl (C=O) groups excluding carboxylic acids is 1. The van der Waals surface area contributed by atoms with Gasteiger partial charge in [0.05, 0.1) is 40.3 Å². The van der Waals surface area contributed by atoms with Crippen LogP contribution in [0.4, 0.5) is 46.6 Å². The van der Waals surface area contributed by atoms with Gasteiger partial charge in [-0.05, 0) is 43.3 Å². The van der Waals surface area contributed by atoms with E-state index in [0.717, 1.165) is 24.3 Å². The maximum Gasteiger partial charge on any atom is 0.418 e. The lowest BCUT2D eigenvalue weighted by molar-refractivity contribution is -0.136. The van der Waals surface area contributed by atoms with Gasteiger partial charge in [0, 0.05) is 27.2 Å². The topological polar surface area (TPSA) is 93.8 Å². The molecule has 0 saturated carbocycles. The van der Waals surface area contributed by atoms with Gasteiger partial charge in [0.25, 0.3) is 5.91 Å². The van der Waals surface area contributed by atoms with E-state index in [1.54, 1.807) is 0 Å². The summed E-state index contributed by atoms with van der Waals surface area (Å²) in [6.45, 7) is -4.07. The third-order valence-corrected chi connectivity index (χ3v) is 7.63. The molecule has 5 aromatic rings. The smallest absolute Gasteiger partial charge is 0.341 e. The molecule has 2 aromatic heterocycles. The highest BCUT2D eigenvalue weighted by Gasteiger charge is 2.40. The van der Waals surface area contributed by atoms with Crippen LogP contribution in [0.1, 0.15) is 45.5 Å². The number of hydrogen-bond donors (Lipinski definition) is 2. The number of amides is 1. The maximum absolute atomic E-state index is 14.5. The van der Waals surface area contributed by atoms with E-state index in [0.29, 0.717) is 4.57 Å². The fraction of sp³-hybridized carbons (Fsp3) is 0.214. The first-order valence-electron chi connectivity index (χ1n) is 12.9. The largest absolute Gasteiger partial charge is 0.418 e. The highest BCUT2D eigenvalue weighted by atomic mass is 35.5. The second-order valence-corrected chi connectivity index (χ2v) is 10.4. The number of fused-ring (bicyclic) bond motifs is 4. The van der Waals surface area contributed by atoms with E-state index in [-0.39, 0.29) is 49.6 Å². The number of aromatic nitrogens is 4. The molecule has 1 unspecified atom stereocenters. The molecule has 3 heterocycles. The van der Waals surface area contributed by atoms with E-state index in [1.807, 2.05) is 0 Å². The van der Waals surface area contributed by atoms with Gasteiger partial charge in [-0.2, -0.15) is 22.0 Å². The molecule has 1 aliphatic heterocycles. The average molecular weight is 657 g/mol. The van der Waals surface area contributed by atoms with Crippen molar-refractivity contribution in [3.05, 3.63) is 91.6 Å². The van der Waals surface area contributed by atoms with Gasteiger partial charge in [0.2, 0.25) is 0 Å². The zero-order chi connectivity index (χ0) is 32.5. The molecule has 2 N–H and O–H groups in total. The van der Waals surface area contributed by atoms with E-state index >= 15 is 0 Å².